The SMILES string of the molecule is CCOc1ccc(OCc2ccc(C(=O)NN=C3CC(C)CC(C)(C)C3)cc2)cc1. The molecule has 1 atom stereocenters. The zero-order chi connectivity index (χ0) is 21.6. The van der Waals surface area contributed by atoms with Crippen LogP contribution >= 0.6 is 0 Å². The summed E-state index contributed by atoms with van der Waals surface area (Å²) in [4.78, 5) is 12.4. The molecule has 5 nitrogen and oxygen atoms in total. The van der Waals surface area contributed by atoms with Crippen molar-refractivity contribution in [3.63, 3.8) is 0 Å². The van der Waals surface area contributed by atoms with Crippen molar-refractivity contribution < 1.29 is 14.3 Å². The van der Waals surface area contributed by atoms with Gasteiger partial charge in [0.05, 0.1) is 6.61 Å². The van der Waals surface area contributed by atoms with E-state index in [0.29, 0.717) is 24.7 Å². The maximum absolute atomic E-state index is 12.4. The van der Waals surface area contributed by atoms with Crippen LogP contribution in [0, 0.1) is 11.3 Å². The first-order valence-corrected chi connectivity index (χ1v) is 10.6. The minimum Gasteiger partial charge on any atom is -0.494 e. The molecule has 1 aliphatic carbocycles. The number of benzene rings is 2. The third-order valence-corrected chi connectivity index (χ3v) is 5.24. The Bertz CT molecular complexity index is 870. The first-order valence-electron chi connectivity index (χ1n) is 10.6. The van der Waals surface area contributed by atoms with Gasteiger partial charge in [0, 0.05) is 11.3 Å². The number of amides is 1. The van der Waals surface area contributed by atoms with Crippen LogP contribution in [0.4, 0.5) is 0 Å². The predicted molar refractivity (Wildman–Crippen MR) is 120 cm³/mol. The van der Waals surface area contributed by atoms with Gasteiger partial charge in [0.25, 0.3) is 5.91 Å². The van der Waals surface area contributed by atoms with E-state index in [1.165, 1.54) is 6.42 Å². The minimum absolute atomic E-state index is 0.183. The second-order valence-electron chi connectivity index (χ2n) is 8.86. The number of hydrogen-bond acceptors (Lipinski definition) is 4. The number of nitrogens with one attached hydrogen (secondary N) is 1. The lowest BCUT2D eigenvalue weighted by molar-refractivity contribution is 0.0954. The lowest BCUT2D eigenvalue weighted by atomic mass is 9.72. The van der Waals surface area contributed by atoms with Crippen LogP contribution in [0.5, 0.6) is 11.5 Å². The van der Waals surface area contributed by atoms with Gasteiger partial charge in [-0.25, -0.2) is 5.43 Å². The molecule has 0 radical (unpaired) electrons. The Balaban J connectivity index is 1.52. The largest absolute Gasteiger partial charge is 0.494 e. The summed E-state index contributed by atoms with van der Waals surface area (Å²) < 4.78 is 11.2. The highest BCUT2D eigenvalue weighted by Gasteiger charge is 2.29. The fraction of sp³-hybridized carbons (Fsp3) is 0.440. The number of carbonyl (C=O) groups excluding carboxylic acids is 1. The average Bonchev–Trinajstić information content (AvgIpc) is 2.71. The average molecular weight is 409 g/mol. The molecule has 1 saturated carbocycles. The van der Waals surface area contributed by atoms with Crippen molar-refractivity contribution in [1.82, 2.24) is 5.43 Å². The summed E-state index contributed by atoms with van der Waals surface area (Å²) in [6.45, 7) is 9.79. The van der Waals surface area contributed by atoms with E-state index in [-0.39, 0.29) is 11.3 Å². The van der Waals surface area contributed by atoms with Crippen LogP contribution < -0.4 is 14.9 Å². The van der Waals surface area contributed by atoms with Gasteiger partial charge in [-0.3, -0.25) is 4.79 Å². The van der Waals surface area contributed by atoms with Crippen LogP contribution in [0.2, 0.25) is 0 Å². The van der Waals surface area contributed by atoms with Gasteiger partial charge in [0.1, 0.15) is 18.1 Å². The molecule has 1 aliphatic rings. The molecule has 0 heterocycles. The second-order valence-corrected chi connectivity index (χ2v) is 8.86. The van der Waals surface area contributed by atoms with E-state index in [1.54, 1.807) is 12.1 Å². The molecule has 30 heavy (non-hydrogen) atoms. The Kier molecular flexibility index (Phi) is 7.14. The normalized spacial score (nSPS) is 19.3. The summed E-state index contributed by atoms with van der Waals surface area (Å²) in [5.41, 5.74) is 5.63. The van der Waals surface area contributed by atoms with Crippen molar-refractivity contribution in [3.05, 3.63) is 59.7 Å². The first-order chi connectivity index (χ1) is 14.3. The van der Waals surface area contributed by atoms with E-state index in [1.807, 2.05) is 43.3 Å². The van der Waals surface area contributed by atoms with E-state index in [0.717, 1.165) is 35.6 Å². The molecule has 2 aromatic carbocycles. The molecule has 0 bridgehead atoms. The smallest absolute Gasteiger partial charge is 0.271 e. The van der Waals surface area contributed by atoms with Gasteiger partial charge in [-0.05, 0) is 79.5 Å². The molecule has 0 aromatic heterocycles. The molecule has 5 heteroatoms. The Labute approximate surface area is 179 Å². The van der Waals surface area contributed by atoms with Crippen LogP contribution in [0.15, 0.2) is 53.6 Å². The molecular formula is C25H32N2O3. The third kappa shape index (κ3) is 6.34. The molecule has 2 aromatic rings. The zero-order valence-electron chi connectivity index (χ0n) is 18.4. The van der Waals surface area contributed by atoms with Crippen molar-refractivity contribution >= 4 is 11.6 Å². The van der Waals surface area contributed by atoms with Gasteiger partial charge in [-0.15, -0.1) is 0 Å². The molecule has 0 spiro atoms. The first kappa shape index (κ1) is 21.9. The Hall–Kier alpha value is -2.82. The van der Waals surface area contributed by atoms with E-state index in [4.69, 9.17) is 9.47 Å². The Morgan fingerprint density at radius 2 is 1.70 bits per heavy atom. The lowest BCUT2D eigenvalue weighted by Crippen LogP contribution is -2.30. The highest BCUT2D eigenvalue weighted by molar-refractivity contribution is 5.95. The van der Waals surface area contributed by atoms with Crippen LogP contribution in [0.1, 0.15) is 62.9 Å². The van der Waals surface area contributed by atoms with E-state index < -0.39 is 0 Å². The van der Waals surface area contributed by atoms with Gasteiger partial charge in [0.15, 0.2) is 0 Å². The lowest BCUT2D eigenvalue weighted by Gasteiger charge is -2.34. The second kappa shape index (κ2) is 9.79. The van der Waals surface area contributed by atoms with Gasteiger partial charge in [-0.2, -0.15) is 5.10 Å². The third-order valence-electron chi connectivity index (χ3n) is 5.24. The summed E-state index contributed by atoms with van der Waals surface area (Å²) in [7, 11) is 0. The Morgan fingerprint density at radius 3 is 2.30 bits per heavy atom. The van der Waals surface area contributed by atoms with Crippen LogP contribution in [-0.4, -0.2) is 18.2 Å². The summed E-state index contributed by atoms with van der Waals surface area (Å²) in [5.74, 6) is 2.02. The number of hydrogen-bond donors (Lipinski definition) is 1. The maximum atomic E-state index is 12.4. The van der Waals surface area contributed by atoms with Gasteiger partial charge < -0.3 is 9.47 Å². The quantitative estimate of drug-likeness (QED) is 0.607. The molecular weight excluding hydrogens is 376 g/mol. The maximum Gasteiger partial charge on any atom is 0.271 e. The zero-order valence-corrected chi connectivity index (χ0v) is 18.4. The highest BCUT2D eigenvalue weighted by atomic mass is 16.5. The summed E-state index contributed by atoms with van der Waals surface area (Å²) in [5, 5.41) is 4.41. The van der Waals surface area contributed by atoms with Crippen molar-refractivity contribution in [2.45, 2.75) is 53.6 Å². The van der Waals surface area contributed by atoms with Crippen LogP contribution in [-0.2, 0) is 6.61 Å². The number of rotatable bonds is 7. The number of carbonyl (C=O) groups is 1. The molecule has 0 saturated heterocycles. The number of hydrazone groups is 1. The van der Waals surface area contributed by atoms with Gasteiger partial charge in [-0.1, -0.05) is 32.9 Å². The molecule has 3 rings (SSSR count). The number of ether oxygens (including phenoxy) is 2. The van der Waals surface area contributed by atoms with E-state index >= 15 is 0 Å². The predicted octanol–water partition coefficient (Wildman–Crippen LogP) is 5.60. The standard InChI is InChI=1S/C25H32N2O3/c1-5-29-22-10-12-23(13-11-22)30-17-19-6-8-20(9-7-19)24(28)27-26-21-14-18(2)15-25(3,4)16-21/h6-13,18H,5,14-17H2,1-4H3,(H,27,28). The molecule has 1 N–H and O–H groups in total. The van der Waals surface area contributed by atoms with Crippen molar-refractivity contribution in [3.8, 4) is 11.5 Å². The fourth-order valence-corrected chi connectivity index (χ4v) is 4.11. The molecule has 1 fully saturated rings. The molecule has 1 amide bonds. The summed E-state index contributed by atoms with van der Waals surface area (Å²) in [6.07, 6.45) is 3.07. The highest BCUT2D eigenvalue weighted by Crippen LogP contribution is 2.36. The summed E-state index contributed by atoms with van der Waals surface area (Å²) >= 11 is 0. The van der Waals surface area contributed by atoms with E-state index in [2.05, 4.69) is 31.3 Å². The fourth-order valence-electron chi connectivity index (χ4n) is 4.11. The molecule has 1 unspecified atom stereocenters. The van der Waals surface area contributed by atoms with E-state index in [9.17, 15) is 4.79 Å². The van der Waals surface area contributed by atoms with Crippen molar-refractivity contribution in [1.29, 1.82) is 0 Å². The van der Waals surface area contributed by atoms with Gasteiger partial charge >= 0.3 is 0 Å². The van der Waals surface area contributed by atoms with Crippen LogP contribution in [0.25, 0.3) is 0 Å². The number of nitrogens with zero attached hydrogens (tertiary/aromatic N) is 1. The topological polar surface area (TPSA) is 59.9 Å². The molecule has 160 valence electrons. The molecule has 0 aliphatic heterocycles. The summed E-state index contributed by atoms with van der Waals surface area (Å²) in [6, 6.07) is 15.0. The minimum atomic E-state index is -0.183. The van der Waals surface area contributed by atoms with Gasteiger partial charge in [0.2, 0.25) is 0 Å². The van der Waals surface area contributed by atoms with Crippen molar-refractivity contribution in [2.75, 3.05) is 6.61 Å². The monoisotopic (exact) mass is 408 g/mol. The van der Waals surface area contributed by atoms with Crippen molar-refractivity contribution in [2.24, 2.45) is 16.4 Å². The van der Waals surface area contributed by atoms with Crippen LogP contribution in [0.3, 0.4) is 0 Å². The Morgan fingerprint density at radius 1 is 1.07 bits per heavy atom.